The van der Waals surface area contributed by atoms with Gasteiger partial charge < -0.3 is 5.32 Å². The molecule has 0 amide bonds. The Morgan fingerprint density at radius 1 is 1.09 bits per heavy atom. The van der Waals surface area contributed by atoms with Gasteiger partial charge in [-0.2, -0.15) is 0 Å². The van der Waals surface area contributed by atoms with Gasteiger partial charge in [0.1, 0.15) is 5.82 Å². The van der Waals surface area contributed by atoms with Gasteiger partial charge in [-0.15, -0.1) is 0 Å². The summed E-state index contributed by atoms with van der Waals surface area (Å²) in [7, 11) is 0. The number of hydrogen-bond donors (Lipinski definition) is 1. The minimum Gasteiger partial charge on any atom is -0.340 e. The summed E-state index contributed by atoms with van der Waals surface area (Å²) in [6.07, 6.45) is 6.37. The van der Waals surface area contributed by atoms with E-state index in [2.05, 4.69) is 22.5 Å². The molecule has 1 aliphatic rings. The highest BCUT2D eigenvalue weighted by molar-refractivity contribution is 5.58. The van der Waals surface area contributed by atoms with Crippen LogP contribution in [-0.2, 0) is 0 Å². The molecule has 5 heteroatoms. The molecular weight excluding hydrogens is 278 g/mol. The van der Waals surface area contributed by atoms with Gasteiger partial charge in [-0.05, 0) is 42.3 Å². The third-order valence-corrected chi connectivity index (χ3v) is 3.18. The molecule has 1 aromatic heterocycles. The standard InChI is InChI=1S/C15H13N3O2.C2H6.H2/c19-18(20)13-8-6-12(7-9-13)16-15-10-5-11-3-1-2-4-14(11)17-15;1-2;/h3-10H,1-2H2,(H,16,17);1-2H3;1H. The Hall–Kier alpha value is -2.69. The van der Waals surface area contributed by atoms with E-state index in [1.165, 1.54) is 12.1 Å². The van der Waals surface area contributed by atoms with Crippen LogP contribution in [-0.4, -0.2) is 9.91 Å². The van der Waals surface area contributed by atoms with Gasteiger partial charge in [0.25, 0.3) is 5.69 Å². The topological polar surface area (TPSA) is 68.1 Å². The molecule has 0 spiro atoms. The molecule has 0 saturated heterocycles. The molecule has 3 rings (SSSR count). The second kappa shape index (κ2) is 7.36. The van der Waals surface area contributed by atoms with Crippen molar-refractivity contribution in [3.63, 3.8) is 0 Å². The Bertz CT molecular complexity index is 773. The summed E-state index contributed by atoms with van der Waals surface area (Å²) < 4.78 is 0. The van der Waals surface area contributed by atoms with Crippen molar-refractivity contribution in [2.24, 2.45) is 0 Å². The minimum absolute atomic E-state index is 0. The third kappa shape index (κ3) is 3.69. The highest BCUT2D eigenvalue weighted by Gasteiger charge is 2.04. The van der Waals surface area contributed by atoms with E-state index in [0.29, 0.717) is 0 Å². The van der Waals surface area contributed by atoms with Crippen molar-refractivity contribution in [3.05, 3.63) is 57.1 Å². The van der Waals surface area contributed by atoms with Crippen LogP contribution < -0.4 is 15.9 Å². The molecule has 1 aromatic carbocycles. The van der Waals surface area contributed by atoms with Crippen molar-refractivity contribution in [1.82, 2.24) is 4.98 Å². The lowest BCUT2D eigenvalue weighted by atomic mass is 10.1. The van der Waals surface area contributed by atoms with Gasteiger partial charge in [0.15, 0.2) is 0 Å². The first-order chi connectivity index (χ1) is 10.7. The van der Waals surface area contributed by atoms with Crippen LogP contribution in [0.5, 0.6) is 0 Å². The number of non-ortho nitro benzene ring substituents is 1. The van der Waals surface area contributed by atoms with Gasteiger partial charge in [0.05, 0.1) is 10.3 Å². The first-order valence-electron chi connectivity index (χ1n) is 7.41. The lowest BCUT2D eigenvalue weighted by molar-refractivity contribution is -0.384. The monoisotopic (exact) mass is 299 g/mol. The van der Waals surface area contributed by atoms with Gasteiger partial charge in [-0.3, -0.25) is 10.1 Å². The number of nitro benzene ring substituents is 1. The number of nitrogens with one attached hydrogen (secondary N) is 1. The highest BCUT2D eigenvalue weighted by atomic mass is 16.6. The van der Waals surface area contributed by atoms with Crippen LogP contribution in [0.1, 0.15) is 28.1 Å². The Morgan fingerprint density at radius 3 is 2.45 bits per heavy atom. The fourth-order valence-corrected chi connectivity index (χ4v) is 2.16. The number of hydrogen-bond acceptors (Lipinski definition) is 4. The van der Waals surface area contributed by atoms with Crippen molar-refractivity contribution < 1.29 is 6.35 Å². The normalized spacial score (nSPS) is 11.9. The average molecular weight is 299 g/mol. The van der Waals surface area contributed by atoms with Crippen LogP contribution >= 0.6 is 0 Å². The molecular formula is C17H21N3O2. The maximum atomic E-state index is 10.6. The number of nitro groups is 1. The van der Waals surface area contributed by atoms with E-state index < -0.39 is 4.92 Å². The summed E-state index contributed by atoms with van der Waals surface area (Å²) in [6.45, 7) is 4.00. The van der Waals surface area contributed by atoms with Crippen molar-refractivity contribution in [2.75, 3.05) is 5.32 Å². The number of rotatable bonds is 3. The fourth-order valence-electron chi connectivity index (χ4n) is 2.16. The van der Waals surface area contributed by atoms with Crippen LogP contribution in [0.25, 0.3) is 12.2 Å². The van der Waals surface area contributed by atoms with Gasteiger partial charge in [-0.25, -0.2) is 4.98 Å². The molecule has 1 N–H and O–H groups in total. The van der Waals surface area contributed by atoms with E-state index in [1.54, 1.807) is 12.1 Å². The van der Waals surface area contributed by atoms with Crippen molar-refractivity contribution in [3.8, 4) is 0 Å². The lowest BCUT2D eigenvalue weighted by Crippen LogP contribution is -2.30. The molecule has 1 heterocycles. The first kappa shape index (κ1) is 15.7. The van der Waals surface area contributed by atoms with Crippen LogP contribution in [0.15, 0.2) is 36.4 Å². The van der Waals surface area contributed by atoms with Gasteiger partial charge in [0, 0.05) is 19.2 Å². The second-order valence-corrected chi connectivity index (χ2v) is 4.59. The summed E-state index contributed by atoms with van der Waals surface area (Å²) in [4.78, 5) is 14.7. The van der Waals surface area contributed by atoms with Crippen LogP contribution in [0.2, 0.25) is 0 Å². The molecule has 116 valence electrons. The van der Waals surface area contributed by atoms with E-state index in [4.69, 9.17) is 0 Å². The molecule has 5 nitrogen and oxygen atoms in total. The quantitative estimate of drug-likeness (QED) is 0.697. The third-order valence-electron chi connectivity index (χ3n) is 3.18. The van der Waals surface area contributed by atoms with Crippen LogP contribution in [0.4, 0.5) is 17.2 Å². The summed E-state index contributed by atoms with van der Waals surface area (Å²) in [5.41, 5.74) is 0.861. The van der Waals surface area contributed by atoms with E-state index in [-0.39, 0.29) is 7.11 Å². The Kier molecular flexibility index (Phi) is 5.25. The van der Waals surface area contributed by atoms with Crippen molar-refractivity contribution >= 4 is 29.3 Å². The van der Waals surface area contributed by atoms with Crippen LogP contribution in [0.3, 0.4) is 0 Å². The second-order valence-electron chi connectivity index (χ2n) is 4.59. The first-order valence-corrected chi connectivity index (χ1v) is 7.41. The number of anilines is 2. The number of fused-ring (bicyclic) bond motifs is 1. The number of benzene rings is 1. The van der Waals surface area contributed by atoms with E-state index in [1.807, 2.05) is 26.0 Å². The molecule has 0 saturated carbocycles. The zero-order valence-electron chi connectivity index (χ0n) is 12.7. The minimum atomic E-state index is -0.411. The molecule has 0 bridgehead atoms. The summed E-state index contributed by atoms with van der Waals surface area (Å²) >= 11 is 0. The van der Waals surface area contributed by atoms with E-state index in [0.717, 1.165) is 34.9 Å². The van der Waals surface area contributed by atoms with Gasteiger partial charge in [-0.1, -0.05) is 26.0 Å². The predicted octanol–water partition coefficient (Wildman–Crippen LogP) is 3.36. The van der Waals surface area contributed by atoms with Gasteiger partial charge >= 0.3 is 0 Å². The fraction of sp³-hybridized carbons (Fsp3) is 0.235. The molecule has 22 heavy (non-hydrogen) atoms. The van der Waals surface area contributed by atoms with E-state index in [9.17, 15) is 10.1 Å². The zero-order valence-corrected chi connectivity index (χ0v) is 12.7. The largest absolute Gasteiger partial charge is 0.340 e. The predicted molar refractivity (Wildman–Crippen MR) is 91.5 cm³/mol. The smallest absolute Gasteiger partial charge is 0.269 e. The molecule has 1 aliphatic carbocycles. The Morgan fingerprint density at radius 2 is 1.77 bits per heavy atom. The summed E-state index contributed by atoms with van der Waals surface area (Å²) in [6, 6.07) is 10.2. The highest BCUT2D eigenvalue weighted by Crippen LogP contribution is 2.17. The summed E-state index contributed by atoms with van der Waals surface area (Å²) in [5, 5.41) is 15.9. The molecule has 0 radical (unpaired) electrons. The molecule has 2 aromatic rings. The number of nitrogens with zero attached hydrogens (tertiary/aromatic N) is 2. The van der Waals surface area contributed by atoms with E-state index >= 15 is 0 Å². The number of pyridine rings is 1. The molecule has 0 atom stereocenters. The number of aromatic nitrogens is 1. The van der Waals surface area contributed by atoms with Crippen molar-refractivity contribution in [2.45, 2.75) is 26.7 Å². The SMILES string of the molecule is CC.O=[N+]([O-])c1ccc(Nc2ccc3c(n2)=CCCC=3)cc1.[HH]. The van der Waals surface area contributed by atoms with Crippen LogP contribution in [0, 0.1) is 10.1 Å². The van der Waals surface area contributed by atoms with Crippen molar-refractivity contribution in [1.29, 1.82) is 0 Å². The Labute approximate surface area is 130 Å². The molecule has 0 unspecified atom stereocenters. The Balaban J connectivity index is 0.000000849. The maximum absolute atomic E-state index is 10.6. The van der Waals surface area contributed by atoms with Gasteiger partial charge in [0.2, 0.25) is 0 Å². The lowest BCUT2D eigenvalue weighted by Gasteiger charge is -2.06. The molecule has 0 fully saturated rings. The summed E-state index contributed by atoms with van der Waals surface area (Å²) in [5.74, 6) is 0.740. The zero-order chi connectivity index (χ0) is 15.9. The maximum Gasteiger partial charge on any atom is 0.269 e. The molecule has 0 aliphatic heterocycles. The average Bonchev–Trinajstić information content (AvgIpc) is 2.57.